The molecule has 0 bridgehead atoms. The van der Waals surface area contributed by atoms with Gasteiger partial charge in [-0.25, -0.2) is 0 Å². The van der Waals surface area contributed by atoms with Gasteiger partial charge >= 0.3 is 0 Å². The molecule has 2 unspecified atom stereocenters. The number of para-hydroxylation sites is 2. The maximum atomic E-state index is 6.58. The Morgan fingerprint density at radius 2 is 0.694 bits per heavy atom. The summed E-state index contributed by atoms with van der Waals surface area (Å²) in [7, 11) is -1.69. The van der Waals surface area contributed by atoms with Crippen molar-refractivity contribution in [3.05, 3.63) is 97.1 Å². The molecule has 170 valence electrons. The summed E-state index contributed by atoms with van der Waals surface area (Å²) in [6, 6.07) is 33.3. The first kappa shape index (κ1) is 19.1. The van der Waals surface area contributed by atoms with Gasteiger partial charge in [-0.1, -0.05) is 51.1 Å². The molecule has 0 fully saturated rings. The van der Waals surface area contributed by atoms with Gasteiger partial charge in [-0.2, -0.15) is 0 Å². The fourth-order valence-electron chi connectivity index (χ4n) is 5.50. The van der Waals surface area contributed by atoms with Gasteiger partial charge in [0.05, 0.1) is 10.2 Å². The molecule has 0 spiro atoms. The van der Waals surface area contributed by atoms with Crippen LogP contribution in [0.5, 0.6) is 0 Å². The summed E-state index contributed by atoms with van der Waals surface area (Å²) in [5.41, 5.74) is 7.13. The summed E-state index contributed by atoms with van der Waals surface area (Å²) in [5, 5.41) is 7.01. The van der Waals surface area contributed by atoms with Crippen LogP contribution < -0.4 is 0 Å². The topological polar surface area (TPSA) is 52.6 Å². The fraction of sp³-hybridized carbons (Fsp3) is 0. The molecule has 0 aliphatic rings. The van der Waals surface area contributed by atoms with E-state index in [0.717, 1.165) is 65.1 Å². The highest BCUT2D eigenvalue weighted by Crippen LogP contribution is 2.54. The minimum Gasteiger partial charge on any atom is -0.455 e. The van der Waals surface area contributed by atoms with E-state index in [9.17, 15) is 0 Å². The predicted molar refractivity (Wildman–Crippen MR) is 150 cm³/mol. The minimum atomic E-state index is -0.844. The van der Waals surface area contributed by atoms with Crippen LogP contribution in [0.4, 0.5) is 0 Å². The number of fused-ring (bicyclic) bond motifs is 8. The van der Waals surface area contributed by atoms with Gasteiger partial charge in [0.2, 0.25) is 0 Å². The van der Waals surface area contributed by atoms with E-state index in [1.165, 1.54) is 10.2 Å². The van der Waals surface area contributed by atoms with Crippen LogP contribution in [0.3, 0.4) is 0 Å². The molecule has 0 N–H and O–H groups in total. The first-order chi connectivity index (χ1) is 17.8. The lowest BCUT2D eigenvalue weighted by Crippen LogP contribution is -1.83. The number of benzene rings is 5. The van der Waals surface area contributed by atoms with E-state index in [1.807, 2.05) is 48.5 Å². The van der Waals surface area contributed by atoms with Crippen molar-refractivity contribution in [2.75, 3.05) is 0 Å². The van der Waals surface area contributed by atoms with Crippen molar-refractivity contribution in [3.63, 3.8) is 0 Å². The monoisotopic (exact) mass is 502 g/mol. The Hall–Kier alpha value is -4.10. The second-order valence-electron chi connectivity index (χ2n) is 9.01. The maximum Gasteiger partial charge on any atom is 0.142 e. The molecular weight excluding hydrogens is 486 g/mol. The van der Waals surface area contributed by atoms with Crippen molar-refractivity contribution in [1.82, 2.24) is 0 Å². The highest BCUT2D eigenvalue weighted by Gasteiger charge is 2.19. The zero-order chi connectivity index (χ0) is 23.4. The van der Waals surface area contributed by atoms with Gasteiger partial charge in [0, 0.05) is 20.5 Å². The lowest BCUT2D eigenvalue weighted by molar-refractivity contribution is 0.646. The molecule has 36 heavy (non-hydrogen) atoms. The van der Waals surface area contributed by atoms with Crippen LogP contribution in [0.25, 0.3) is 75.4 Å². The molecule has 0 amide bonds. The van der Waals surface area contributed by atoms with Crippen molar-refractivity contribution in [3.8, 4) is 0 Å². The van der Waals surface area contributed by atoms with Crippen LogP contribution in [0.15, 0.2) is 115 Å². The first-order valence-electron chi connectivity index (χ1n) is 11.8. The predicted octanol–water partition coefficient (Wildman–Crippen LogP) is 11.0. The van der Waals surface area contributed by atoms with Gasteiger partial charge in [-0.3, -0.25) is 0 Å². The zero-order valence-electron chi connectivity index (χ0n) is 18.8. The zero-order valence-corrected chi connectivity index (χ0v) is 20.6. The second kappa shape index (κ2) is 6.77. The molecule has 4 heterocycles. The van der Waals surface area contributed by atoms with E-state index in [0.29, 0.717) is 0 Å². The lowest BCUT2D eigenvalue weighted by atomic mass is 10.3. The highest BCUT2D eigenvalue weighted by molar-refractivity contribution is 7.63. The van der Waals surface area contributed by atoms with Crippen molar-refractivity contribution in [1.29, 1.82) is 0 Å². The van der Waals surface area contributed by atoms with E-state index in [4.69, 9.17) is 17.7 Å². The van der Waals surface area contributed by atoms with Crippen LogP contribution in [-0.2, 0) is 0 Å². The average molecular weight is 502 g/mol. The van der Waals surface area contributed by atoms with Crippen LogP contribution in [0.2, 0.25) is 0 Å². The van der Waals surface area contributed by atoms with E-state index in [1.54, 1.807) is 0 Å². The third-order valence-electron chi connectivity index (χ3n) is 6.99. The molecule has 4 nitrogen and oxygen atoms in total. The molecule has 4 aromatic heterocycles. The van der Waals surface area contributed by atoms with Gasteiger partial charge in [0.15, 0.2) is 0 Å². The molecule has 6 heteroatoms. The molecule has 0 aliphatic heterocycles. The Morgan fingerprint density at radius 1 is 0.333 bits per heavy atom. The van der Waals surface area contributed by atoms with Crippen molar-refractivity contribution < 1.29 is 17.7 Å². The average Bonchev–Trinajstić information content (AvgIpc) is 2.92. The molecular formula is C30H16O4P2. The summed E-state index contributed by atoms with van der Waals surface area (Å²) in [4.78, 5) is 0. The Kier molecular flexibility index (Phi) is 3.60. The number of rotatable bonds is 0. The van der Waals surface area contributed by atoms with E-state index in [2.05, 4.69) is 48.5 Å². The van der Waals surface area contributed by atoms with Crippen molar-refractivity contribution in [2.45, 2.75) is 0 Å². The Labute approximate surface area is 204 Å². The molecule has 9 aromatic rings. The Bertz CT molecular complexity index is 2210. The standard InChI is InChI=1S/C30H16O4P2/c1-3-13-25-17(7-1)31-19-9-5-11-21-29(19)35(25)27-15-24-28(16-23(27)33-21)36-26-14-4-2-8-18(26)32-20-10-6-12-22(34-24)30(20)36/h1-16H. The summed E-state index contributed by atoms with van der Waals surface area (Å²) in [6.45, 7) is 0. The van der Waals surface area contributed by atoms with E-state index >= 15 is 0 Å². The lowest BCUT2D eigenvalue weighted by Gasteiger charge is -2.14. The van der Waals surface area contributed by atoms with Crippen molar-refractivity contribution in [2.24, 2.45) is 0 Å². The Morgan fingerprint density at radius 3 is 1.14 bits per heavy atom. The van der Waals surface area contributed by atoms with Crippen LogP contribution in [-0.4, -0.2) is 0 Å². The molecule has 9 rings (SSSR count). The van der Waals surface area contributed by atoms with Crippen LogP contribution in [0.1, 0.15) is 0 Å². The minimum absolute atomic E-state index is 0.844. The normalized spacial score (nSPS) is 13.4. The molecule has 0 aliphatic carbocycles. The van der Waals surface area contributed by atoms with Crippen LogP contribution >= 0.6 is 14.7 Å². The van der Waals surface area contributed by atoms with Gasteiger partial charge < -0.3 is 17.7 Å². The quantitative estimate of drug-likeness (QED) is 0.153. The smallest absolute Gasteiger partial charge is 0.142 e. The Balaban J connectivity index is 1.60. The van der Waals surface area contributed by atoms with Gasteiger partial charge in [0.25, 0.3) is 0 Å². The molecule has 2 atom stereocenters. The second-order valence-corrected chi connectivity index (χ2v) is 13.2. The summed E-state index contributed by atoms with van der Waals surface area (Å²) >= 11 is 0. The number of hydrogen-bond donors (Lipinski definition) is 0. The molecule has 5 aromatic carbocycles. The fourth-order valence-corrected chi connectivity index (χ4v) is 10.6. The van der Waals surface area contributed by atoms with Gasteiger partial charge in [0.1, 0.15) is 44.7 Å². The first-order valence-corrected chi connectivity index (χ1v) is 14.5. The largest absolute Gasteiger partial charge is 0.455 e. The summed E-state index contributed by atoms with van der Waals surface area (Å²) in [5.74, 6) is 0. The highest BCUT2D eigenvalue weighted by atomic mass is 31.1. The SMILES string of the molecule is c1ccc2c(c1)oc1cccc3oc4cc5c(cc4p2c13)oc1cccc2oc3ccccc3p5c21. The maximum absolute atomic E-state index is 6.58. The van der Waals surface area contributed by atoms with Gasteiger partial charge in [-0.15, -0.1) is 0 Å². The van der Waals surface area contributed by atoms with E-state index < -0.39 is 14.7 Å². The van der Waals surface area contributed by atoms with Crippen molar-refractivity contribution >= 4 is 90.1 Å². The summed E-state index contributed by atoms with van der Waals surface area (Å²) in [6.07, 6.45) is 0. The molecule has 0 radical (unpaired) electrons. The third kappa shape index (κ3) is 2.41. The molecule has 0 saturated heterocycles. The molecule has 0 saturated carbocycles. The van der Waals surface area contributed by atoms with Gasteiger partial charge in [-0.05, 0) is 60.7 Å². The third-order valence-corrected chi connectivity index (χ3v) is 12.1. The summed E-state index contributed by atoms with van der Waals surface area (Å²) < 4.78 is 25.7. The van der Waals surface area contributed by atoms with E-state index in [-0.39, 0.29) is 0 Å². The van der Waals surface area contributed by atoms with Crippen LogP contribution in [0, 0.1) is 0 Å². The number of hydrogen-bond acceptors (Lipinski definition) is 4.